The highest BCUT2D eigenvalue weighted by molar-refractivity contribution is 5.89. The summed E-state index contributed by atoms with van der Waals surface area (Å²) in [5, 5.41) is 13.4. The van der Waals surface area contributed by atoms with Crippen LogP contribution in [0.5, 0.6) is 0 Å². The molecule has 0 aromatic heterocycles. The van der Waals surface area contributed by atoms with Gasteiger partial charge in [0.15, 0.2) is 0 Å². The molecular weight excluding hydrogens is 277 g/mol. The van der Waals surface area contributed by atoms with Gasteiger partial charge in [-0.2, -0.15) is 23.3 Å². The van der Waals surface area contributed by atoms with Crippen molar-refractivity contribution in [1.29, 1.82) is 0 Å². The first-order valence-corrected chi connectivity index (χ1v) is 6.29. The van der Waals surface area contributed by atoms with Crippen molar-refractivity contribution in [3.05, 3.63) is 0 Å². The molecule has 1 aliphatic heterocycles. The number of halogens is 3. The summed E-state index contributed by atoms with van der Waals surface area (Å²) in [5.41, 5.74) is -4.19. The second-order valence-electron chi connectivity index (χ2n) is 5.70. The Bertz CT molecular complexity index is 415. The lowest BCUT2D eigenvalue weighted by Crippen LogP contribution is -2.57. The molecule has 0 aliphatic carbocycles. The maximum Gasteiger partial charge on any atom is 0.439 e. The summed E-state index contributed by atoms with van der Waals surface area (Å²) in [6.45, 7) is 6.32. The monoisotopic (exact) mass is 296 g/mol. The molecule has 0 fully saturated rings. The average Bonchev–Trinajstić information content (AvgIpc) is 2.54. The number of amides is 1. The molecule has 1 rings (SSSR count). The van der Waals surface area contributed by atoms with Crippen LogP contribution in [0.4, 0.5) is 18.0 Å². The van der Waals surface area contributed by atoms with Crippen LogP contribution in [0.2, 0.25) is 0 Å². The molecule has 5 nitrogen and oxygen atoms in total. The van der Waals surface area contributed by atoms with E-state index in [9.17, 15) is 23.1 Å². The minimum absolute atomic E-state index is 0.00322. The fraction of sp³-hybridized carbons (Fsp3) is 0.833. The summed E-state index contributed by atoms with van der Waals surface area (Å²) >= 11 is 0. The smallest absolute Gasteiger partial charge is 0.439 e. The molecule has 1 atom stereocenters. The van der Waals surface area contributed by atoms with E-state index in [4.69, 9.17) is 4.74 Å². The standard InChI is InChI=1S/C12H19F3N2O3/c1-5-6-8-7-11(19,12(13,14)15)17(16-8)9(18)20-10(2,3)4/h19H,5-7H2,1-4H3. The van der Waals surface area contributed by atoms with Gasteiger partial charge in [-0.3, -0.25) is 0 Å². The van der Waals surface area contributed by atoms with Crippen molar-refractivity contribution in [1.82, 2.24) is 5.01 Å². The lowest BCUT2D eigenvalue weighted by molar-refractivity contribution is -0.300. The zero-order chi connectivity index (χ0) is 15.8. The van der Waals surface area contributed by atoms with E-state index < -0.39 is 30.0 Å². The lowest BCUT2D eigenvalue weighted by atomic mass is 10.0. The van der Waals surface area contributed by atoms with Crippen molar-refractivity contribution in [3.8, 4) is 0 Å². The topological polar surface area (TPSA) is 62.1 Å². The van der Waals surface area contributed by atoms with Crippen LogP contribution in [0.3, 0.4) is 0 Å². The highest BCUT2D eigenvalue weighted by Crippen LogP contribution is 2.41. The van der Waals surface area contributed by atoms with Crippen LogP contribution in [-0.2, 0) is 4.74 Å². The Hall–Kier alpha value is -1.31. The van der Waals surface area contributed by atoms with Gasteiger partial charge in [0.25, 0.3) is 5.72 Å². The Balaban J connectivity index is 3.06. The van der Waals surface area contributed by atoms with Crippen LogP contribution >= 0.6 is 0 Å². The number of aliphatic hydroxyl groups is 1. The Morgan fingerprint density at radius 3 is 2.40 bits per heavy atom. The van der Waals surface area contributed by atoms with Crippen LogP contribution < -0.4 is 0 Å². The van der Waals surface area contributed by atoms with Gasteiger partial charge in [-0.1, -0.05) is 13.3 Å². The third-order valence-corrected chi connectivity index (χ3v) is 2.60. The molecule has 1 heterocycles. The van der Waals surface area contributed by atoms with Crippen molar-refractivity contribution in [3.63, 3.8) is 0 Å². The number of hydrogen-bond acceptors (Lipinski definition) is 4. The number of carbonyl (C=O) groups is 1. The van der Waals surface area contributed by atoms with E-state index in [0.717, 1.165) is 0 Å². The number of ether oxygens (including phenoxy) is 1. The van der Waals surface area contributed by atoms with Crippen LogP contribution in [0, 0.1) is 0 Å². The molecular formula is C12H19F3N2O3. The molecule has 0 aromatic carbocycles. The molecule has 8 heteroatoms. The number of hydrogen-bond donors (Lipinski definition) is 1. The van der Waals surface area contributed by atoms with Gasteiger partial charge in [-0.15, -0.1) is 0 Å². The summed E-state index contributed by atoms with van der Waals surface area (Å²) < 4.78 is 43.9. The predicted octanol–water partition coefficient (Wildman–Crippen LogP) is 3.03. The van der Waals surface area contributed by atoms with E-state index in [1.54, 1.807) is 6.92 Å². The fourth-order valence-corrected chi connectivity index (χ4v) is 1.76. The molecule has 116 valence electrons. The van der Waals surface area contributed by atoms with E-state index in [-0.39, 0.29) is 17.1 Å². The zero-order valence-corrected chi connectivity index (χ0v) is 11.9. The van der Waals surface area contributed by atoms with E-state index in [1.807, 2.05) is 0 Å². The van der Waals surface area contributed by atoms with Crippen molar-refractivity contribution >= 4 is 11.8 Å². The fourth-order valence-electron chi connectivity index (χ4n) is 1.76. The number of hydrazone groups is 1. The first-order valence-electron chi connectivity index (χ1n) is 6.29. The first-order chi connectivity index (χ1) is 8.90. The molecule has 1 N–H and O–H groups in total. The van der Waals surface area contributed by atoms with Crippen molar-refractivity contribution in [2.45, 2.75) is 64.5 Å². The summed E-state index contributed by atoms with van der Waals surface area (Å²) in [6, 6.07) is 0. The van der Waals surface area contributed by atoms with E-state index >= 15 is 0 Å². The largest absolute Gasteiger partial charge is 0.442 e. The summed E-state index contributed by atoms with van der Waals surface area (Å²) in [5.74, 6) is 0. The van der Waals surface area contributed by atoms with Crippen LogP contribution in [0.25, 0.3) is 0 Å². The second kappa shape index (κ2) is 5.23. The van der Waals surface area contributed by atoms with Gasteiger partial charge in [0, 0.05) is 12.1 Å². The first kappa shape index (κ1) is 16.7. The van der Waals surface area contributed by atoms with E-state index in [0.29, 0.717) is 6.42 Å². The molecule has 0 radical (unpaired) electrons. The molecule has 1 amide bonds. The van der Waals surface area contributed by atoms with Crippen molar-refractivity contribution in [2.24, 2.45) is 5.10 Å². The lowest BCUT2D eigenvalue weighted by Gasteiger charge is -2.33. The number of alkyl halides is 3. The molecule has 0 saturated heterocycles. The van der Waals surface area contributed by atoms with Crippen molar-refractivity contribution < 1.29 is 27.8 Å². The Kier molecular flexibility index (Phi) is 4.38. The van der Waals surface area contributed by atoms with Gasteiger partial charge < -0.3 is 9.84 Å². The van der Waals surface area contributed by atoms with Gasteiger partial charge in [0.1, 0.15) is 5.60 Å². The summed E-state index contributed by atoms with van der Waals surface area (Å²) in [4.78, 5) is 11.8. The minimum atomic E-state index is -5.01. The predicted molar refractivity (Wildman–Crippen MR) is 66.0 cm³/mol. The Morgan fingerprint density at radius 2 is 2.00 bits per heavy atom. The van der Waals surface area contributed by atoms with E-state index in [1.165, 1.54) is 20.8 Å². The van der Waals surface area contributed by atoms with Crippen LogP contribution in [0.1, 0.15) is 47.0 Å². The van der Waals surface area contributed by atoms with Gasteiger partial charge in [-0.25, -0.2) is 4.79 Å². The van der Waals surface area contributed by atoms with E-state index in [2.05, 4.69) is 5.10 Å². The normalized spacial score (nSPS) is 23.8. The van der Waals surface area contributed by atoms with Gasteiger partial charge >= 0.3 is 12.3 Å². The summed E-state index contributed by atoms with van der Waals surface area (Å²) in [6.07, 6.45) is -6.23. The maximum absolute atomic E-state index is 13.0. The molecule has 1 unspecified atom stereocenters. The zero-order valence-electron chi connectivity index (χ0n) is 11.9. The minimum Gasteiger partial charge on any atom is -0.442 e. The van der Waals surface area contributed by atoms with Gasteiger partial charge in [0.2, 0.25) is 0 Å². The Morgan fingerprint density at radius 1 is 1.45 bits per heavy atom. The van der Waals surface area contributed by atoms with Gasteiger partial charge in [0.05, 0.1) is 0 Å². The SMILES string of the molecule is CCCC1=NN(C(=O)OC(C)(C)C)C(O)(C(F)(F)F)C1. The highest BCUT2D eigenvalue weighted by Gasteiger charge is 2.63. The molecule has 20 heavy (non-hydrogen) atoms. The quantitative estimate of drug-likeness (QED) is 0.852. The Labute approximate surface area is 115 Å². The maximum atomic E-state index is 13.0. The second-order valence-corrected chi connectivity index (χ2v) is 5.70. The van der Waals surface area contributed by atoms with Gasteiger partial charge in [-0.05, 0) is 27.2 Å². The molecule has 0 spiro atoms. The molecule has 0 aromatic rings. The van der Waals surface area contributed by atoms with Crippen LogP contribution in [0.15, 0.2) is 5.10 Å². The molecule has 0 saturated carbocycles. The molecule has 1 aliphatic rings. The third kappa shape index (κ3) is 3.41. The number of carbonyl (C=O) groups excluding carboxylic acids is 1. The van der Waals surface area contributed by atoms with Crippen molar-refractivity contribution in [2.75, 3.05) is 0 Å². The molecule has 0 bridgehead atoms. The van der Waals surface area contributed by atoms with Crippen LogP contribution in [-0.4, -0.2) is 39.4 Å². The third-order valence-electron chi connectivity index (χ3n) is 2.60. The number of nitrogens with zero attached hydrogens (tertiary/aromatic N) is 2. The highest BCUT2D eigenvalue weighted by atomic mass is 19.4. The average molecular weight is 296 g/mol. The summed E-state index contributed by atoms with van der Waals surface area (Å²) in [7, 11) is 0. The number of rotatable bonds is 2.